The van der Waals surface area contributed by atoms with Crippen LogP contribution in [0.3, 0.4) is 0 Å². The smallest absolute Gasteiger partial charge is 0.360 e. The minimum absolute atomic E-state index is 0.380. The maximum atomic E-state index is 11.5. The van der Waals surface area contributed by atoms with Crippen molar-refractivity contribution < 1.29 is 9.53 Å². The van der Waals surface area contributed by atoms with E-state index < -0.39 is 0 Å². The monoisotopic (exact) mass is 223 g/mol. The summed E-state index contributed by atoms with van der Waals surface area (Å²) in [5, 5.41) is 7.97. The van der Waals surface area contributed by atoms with Crippen LogP contribution in [0.5, 0.6) is 0 Å². The summed E-state index contributed by atoms with van der Waals surface area (Å²) in [6.45, 7) is 2.97. The first-order valence-electron chi connectivity index (χ1n) is 5.77. The summed E-state index contributed by atoms with van der Waals surface area (Å²) in [7, 11) is 1.37. The number of hydrogen-bond donors (Lipinski definition) is 0. The van der Waals surface area contributed by atoms with Crippen molar-refractivity contribution >= 4 is 5.97 Å². The average Bonchev–Trinajstić information content (AvgIpc) is 3.01. The average molecular weight is 223 g/mol. The Kier molecular flexibility index (Phi) is 3.22. The number of ether oxygens (including phenoxy) is 1. The van der Waals surface area contributed by atoms with Crippen molar-refractivity contribution in [2.75, 3.05) is 7.11 Å². The Morgan fingerprint density at radius 1 is 1.56 bits per heavy atom. The van der Waals surface area contributed by atoms with Crippen molar-refractivity contribution in [2.24, 2.45) is 5.92 Å². The lowest BCUT2D eigenvalue weighted by Crippen LogP contribution is -2.10. The predicted molar refractivity (Wildman–Crippen MR) is 58.1 cm³/mol. The molecule has 1 saturated carbocycles. The number of aromatic nitrogens is 3. The van der Waals surface area contributed by atoms with Crippen LogP contribution in [0.25, 0.3) is 0 Å². The molecular formula is C11H17N3O2. The molecule has 1 aromatic heterocycles. The second-order valence-electron chi connectivity index (χ2n) is 4.25. The van der Waals surface area contributed by atoms with E-state index in [1.165, 1.54) is 20.0 Å². The van der Waals surface area contributed by atoms with Crippen molar-refractivity contribution in [3.8, 4) is 0 Å². The summed E-state index contributed by atoms with van der Waals surface area (Å²) in [5.41, 5.74) is 1.30. The number of rotatable bonds is 5. The molecule has 0 radical (unpaired) electrons. The molecule has 0 saturated heterocycles. The summed E-state index contributed by atoms with van der Waals surface area (Å²) >= 11 is 0. The molecule has 5 heteroatoms. The zero-order valence-electron chi connectivity index (χ0n) is 9.77. The normalized spacial score (nSPS) is 15.1. The number of hydrogen-bond acceptors (Lipinski definition) is 4. The van der Waals surface area contributed by atoms with Gasteiger partial charge in [-0.2, -0.15) is 0 Å². The van der Waals surface area contributed by atoms with Gasteiger partial charge in [0, 0.05) is 6.54 Å². The largest absolute Gasteiger partial charge is 0.464 e. The zero-order valence-corrected chi connectivity index (χ0v) is 9.77. The molecule has 1 aromatic rings. The Balaban J connectivity index is 2.22. The molecule has 1 aliphatic carbocycles. The molecule has 1 aliphatic rings. The summed E-state index contributed by atoms with van der Waals surface area (Å²) in [5.74, 6) is 0.341. The minimum atomic E-state index is -0.384. The van der Waals surface area contributed by atoms with Gasteiger partial charge in [0.25, 0.3) is 0 Å². The lowest BCUT2D eigenvalue weighted by atomic mass is 10.2. The van der Waals surface area contributed by atoms with Crippen molar-refractivity contribution in [1.29, 1.82) is 0 Å². The Morgan fingerprint density at radius 3 is 2.88 bits per heavy atom. The number of esters is 1. The highest BCUT2D eigenvalue weighted by Crippen LogP contribution is 2.31. The molecule has 0 aromatic carbocycles. The maximum Gasteiger partial charge on any atom is 0.360 e. The molecule has 0 amide bonds. The molecule has 16 heavy (non-hydrogen) atoms. The highest BCUT2D eigenvalue weighted by molar-refractivity contribution is 5.88. The molecule has 0 atom stereocenters. The number of nitrogens with zero attached hydrogens (tertiary/aromatic N) is 3. The van der Waals surface area contributed by atoms with E-state index in [0.29, 0.717) is 5.69 Å². The molecule has 2 rings (SSSR count). The van der Waals surface area contributed by atoms with E-state index >= 15 is 0 Å². The fourth-order valence-electron chi connectivity index (χ4n) is 1.76. The van der Waals surface area contributed by atoms with Crippen LogP contribution in [0.4, 0.5) is 0 Å². The van der Waals surface area contributed by atoms with Gasteiger partial charge in [0.1, 0.15) is 0 Å². The van der Waals surface area contributed by atoms with Crippen molar-refractivity contribution in [3.05, 3.63) is 11.4 Å². The lowest BCUT2D eigenvalue weighted by molar-refractivity contribution is 0.0592. The van der Waals surface area contributed by atoms with Gasteiger partial charge < -0.3 is 4.74 Å². The van der Waals surface area contributed by atoms with Gasteiger partial charge >= 0.3 is 5.97 Å². The van der Waals surface area contributed by atoms with E-state index in [9.17, 15) is 4.79 Å². The molecule has 0 unspecified atom stereocenters. The molecule has 0 bridgehead atoms. The van der Waals surface area contributed by atoms with Gasteiger partial charge in [-0.25, -0.2) is 9.48 Å². The van der Waals surface area contributed by atoms with Crippen molar-refractivity contribution in [3.63, 3.8) is 0 Å². The Hall–Kier alpha value is -1.39. The maximum absolute atomic E-state index is 11.5. The zero-order chi connectivity index (χ0) is 11.5. The highest BCUT2D eigenvalue weighted by Gasteiger charge is 2.26. The second kappa shape index (κ2) is 4.63. The second-order valence-corrected chi connectivity index (χ2v) is 4.25. The number of carbonyl (C=O) groups excluding carboxylic acids is 1. The van der Waals surface area contributed by atoms with E-state index in [0.717, 1.165) is 31.0 Å². The highest BCUT2D eigenvalue weighted by atomic mass is 16.5. The van der Waals surface area contributed by atoms with Crippen LogP contribution in [0.15, 0.2) is 0 Å². The summed E-state index contributed by atoms with van der Waals surface area (Å²) in [6, 6.07) is 0. The van der Waals surface area contributed by atoms with Gasteiger partial charge in [-0.15, -0.1) is 5.10 Å². The van der Waals surface area contributed by atoms with Crippen LogP contribution in [-0.4, -0.2) is 28.1 Å². The molecule has 5 nitrogen and oxygen atoms in total. The lowest BCUT2D eigenvalue weighted by Gasteiger charge is -2.05. The van der Waals surface area contributed by atoms with Gasteiger partial charge in [0.2, 0.25) is 0 Å². The molecule has 0 aliphatic heterocycles. The van der Waals surface area contributed by atoms with Crippen LogP contribution < -0.4 is 0 Å². The molecule has 1 fully saturated rings. The third-order valence-corrected chi connectivity index (χ3v) is 2.83. The molecule has 1 heterocycles. The minimum Gasteiger partial charge on any atom is -0.464 e. The van der Waals surface area contributed by atoms with Crippen LogP contribution in [-0.2, 0) is 17.7 Å². The number of carbonyl (C=O) groups is 1. The predicted octanol–water partition coefficient (Wildman–Crippen LogP) is 1.43. The molecule has 88 valence electrons. The molecule has 0 spiro atoms. The Bertz CT molecular complexity index is 383. The van der Waals surface area contributed by atoms with Crippen LogP contribution in [0.1, 0.15) is 42.4 Å². The van der Waals surface area contributed by atoms with Crippen molar-refractivity contribution in [1.82, 2.24) is 15.0 Å². The third-order valence-electron chi connectivity index (χ3n) is 2.83. The quantitative estimate of drug-likeness (QED) is 0.708. The van der Waals surface area contributed by atoms with Gasteiger partial charge in [0.15, 0.2) is 5.69 Å². The Labute approximate surface area is 94.8 Å². The molecule has 0 N–H and O–H groups in total. The first kappa shape index (κ1) is 11.1. The summed E-state index contributed by atoms with van der Waals surface area (Å²) in [4.78, 5) is 11.5. The topological polar surface area (TPSA) is 57.0 Å². The van der Waals surface area contributed by atoms with E-state index in [4.69, 9.17) is 4.74 Å². The van der Waals surface area contributed by atoms with Crippen LogP contribution in [0, 0.1) is 5.92 Å². The van der Waals surface area contributed by atoms with Crippen molar-refractivity contribution in [2.45, 2.75) is 39.2 Å². The Morgan fingerprint density at radius 2 is 2.31 bits per heavy atom. The van der Waals surface area contributed by atoms with E-state index in [1.54, 1.807) is 0 Å². The van der Waals surface area contributed by atoms with Gasteiger partial charge in [-0.1, -0.05) is 18.6 Å². The van der Waals surface area contributed by atoms with Gasteiger partial charge in [-0.3, -0.25) is 0 Å². The first-order valence-corrected chi connectivity index (χ1v) is 5.77. The van der Waals surface area contributed by atoms with Crippen LogP contribution >= 0.6 is 0 Å². The summed E-state index contributed by atoms with van der Waals surface area (Å²) < 4.78 is 6.57. The summed E-state index contributed by atoms with van der Waals surface area (Å²) in [6.07, 6.45) is 4.32. The number of methoxy groups -OCH3 is 1. The first-order chi connectivity index (χ1) is 7.76. The van der Waals surface area contributed by atoms with Crippen LogP contribution in [0.2, 0.25) is 0 Å². The standard InChI is InChI=1S/C11H17N3O2/c1-3-4-9-10(11(15)16-2)12-13-14(9)7-8-5-6-8/h8H,3-7H2,1-2H3. The van der Waals surface area contributed by atoms with E-state index in [-0.39, 0.29) is 5.97 Å². The van der Waals surface area contributed by atoms with E-state index in [1.807, 2.05) is 4.68 Å². The van der Waals surface area contributed by atoms with Gasteiger partial charge in [0.05, 0.1) is 12.8 Å². The molecular weight excluding hydrogens is 206 g/mol. The fraction of sp³-hybridized carbons (Fsp3) is 0.727. The van der Waals surface area contributed by atoms with Gasteiger partial charge in [-0.05, 0) is 25.2 Å². The van der Waals surface area contributed by atoms with E-state index in [2.05, 4.69) is 17.2 Å². The SMILES string of the molecule is CCCc1c(C(=O)OC)nnn1CC1CC1. The fourth-order valence-corrected chi connectivity index (χ4v) is 1.76. The third kappa shape index (κ3) is 2.23.